The highest BCUT2D eigenvalue weighted by molar-refractivity contribution is 7.22. The van der Waals surface area contributed by atoms with Gasteiger partial charge in [-0.3, -0.25) is 20.2 Å². The third kappa shape index (κ3) is 4.68. The van der Waals surface area contributed by atoms with Gasteiger partial charge in [0, 0.05) is 36.3 Å². The first-order valence-electron chi connectivity index (χ1n) is 12.1. The summed E-state index contributed by atoms with van der Waals surface area (Å²) in [6, 6.07) is 17.0. The SMILES string of the molecule is O=C(Nc1nnc(-c2ccc([N+](=O)[O-])cc2)o1)c1cc(-c2ccccc2)nc2nc(N3CCCCC3)sc12. The predicted molar refractivity (Wildman–Crippen MR) is 143 cm³/mol. The summed E-state index contributed by atoms with van der Waals surface area (Å²) in [6.45, 7) is 1.86. The number of piperidine rings is 1. The summed E-state index contributed by atoms with van der Waals surface area (Å²) >= 11 is 1.45. The lowest BCUT2D eigenvalue weighted by molar-refractivity contribution is -0.384. The van der Waals surface area contributed by atoms with Gasteiger partial charge in [0.05, 0.1) is 20.9 Å². The van der Waals surface area contributed by atoms with Crippen molar-refractivity contribution in [2.45, 2.75) is 19.3 Å². The van der Waals surface area contributed by atoms with E-state index in [0.29, 0.717) is 27.2 Å². The molecule has 1 fully saturated rings. The highest BCUT2D eigenvalue weighted by Gasteiger charge is 2.23. The van der Waals surface area contributed by atoms with Gasteiger partial charge in [0.15, 0.2) is 10.8 Å². The molecular formula is C26H21N7O4S. The van der Waals surface area contributed by atoms with E-state index in [1.54, 1.807) is 6.07 Å². The third-order valence-corrected chi connectivity index (χ3v) is 7.40. The molecule has 0 atom stereocenters. The van der Waals surface area contributed by atoms with Crippen LogP contribution in [-0.2, 0) is 0 Å². The Kier molecular flexibility index (Phi) is 6.22. The molecule has 0 saturated carbocycles. The summed E-state index contributed by atoms with van der Waals surface area (Å²) in [6.07, 6.45) is 3.43. The number of amides is 1. The zero-order valence-corrected chi connectivity index (χ0v) is 20.9. The quantitative estimate of drug-likeness (QED) is 0.222. The number of rotatable bonds is 6. The number of nitro benzene ring substituents is 1. The molecule has 5 aromatic rings. The van der Waals surface area contributed by atoms with Gasteiger partial charge < -0.3 is 9.32 Å². The number of non-ortho nitro benzene ring substituents is 1. The molecule has 4 heterocycles. The van der Waals surface area contributed by atoms with Crippen LogP contribution in [0.15, 0.2) is 65.1 Å². The zero-order chi connectivity index (χ0) is 26.1. The van der Waals surface area contributed by atoms with E-state index in [-0.39, 0.29) is 17.6 Å². The van der Waals surface area contributed by atoms with Crippen LogP contribution >= 0.6 is 11.3 Å². The van der Waals surface area contributed by atoms with Crippen molar-refractivity contribution in [3.8, 4) is 22.7 Å². The number of nitrogens with zero attached hydrogens (tertiary/aromatic N) is 6. The molecule has 3 aromatic heterocycles. The Morgan fingerprint density at radius 3 is 2.47 bits per heavy atom. The second-order valence-electron chi connectivity index (χ2n) is 8.79. The average Bonchev–Trinajstić information content (AvgIpc) is 3.61. The van der Waals surface area contributed by atoms with Crippen LogP contribution in [0.4, 0.5) is 16.8 Å². The van der Waals surface area contributed by atoms with Gasteiger partial charge in [-0.15, -0.1) is 5.10 Å². The number of benzene rings is 2. The smallest absolute Gasteiger partial charge is 0.322 e. The first kappa shape index (κ1) is 23.7. The molecule has 0 unspecified atom stereocenters. The molecular weight excluding hydrogens is 506 g/mol. The van der Waals surface area contributed by atoms with Crippen LogP contribution in [-0.4, -0.2) is 44.1 Å². The maximum absolute atomic E-state index is 13.5. The van der Waals surface area contributed by atoms with Crippen molar-refractivity contribution in [2.75, 3.05) is 23.3 Å². The van der Waals surface area contributed by atoms with E-state index >= 15 is 0 Å². The second-order valence-corrected chi connectivity index (χ2v) is 9.77. The summed E-state index contributed by atoms with van der Waals surface area (Å²) in [7, 11) is 0. The summed E-state index contributed by atoms with van der Waals surface area (Å²) in [5.41, 5.74) is 2.87. The topological polar surface area (TPSA) is 140 Å². The molecule has 190 valence electrons. The Bertz CT molecular complexity index is 1630. The van der Waals surface area contributed by atoms with Gasteiger partial charge in [-0.25, -0.2) is 4.98 Å². The van der Waals surface area contributed by atoms with Crippen LogP contribution in [0.5, 0.6) is 0 Å². The van der Waals surface area contributed by atoms with E-state index in [9.17, 15) is 14.9 Å². The molecule has 0 spiro atoms. The van der Waals surface area contributed by atoms with Crippen molar-refractivity contribution >= 4 is 44.4 Å². The molecule has 0 aliphatic carbocycles. The number of carbonyl (C=O) groups excluding carboxylic acids is 1. The summed E-state index contributed by atoms with van der Waals surface area (Å²) in [5, 5.41) is 22.3. The van der Waals surface area contributed by atoms with Crippen molar-refractivity contribution in [1.82, 2.24) is 20.2 Å². The summed E-state index contributed by atoms with van der Waals surface area (Å²) in [4.78, 5) is 35.7. The number of hydrogen-bond acceptors (Lipinski definition) is 10. The minimum Gasteiger partial charge on any atom is -0.403 e. The number of pyridine rings is 1. The highest BCUT2D eigenvalue weighted by Crippen LogP contribution is 2.34. The molecule has 1 N–H and O–H groups in total. The van der Waals surface area contributed by atoms with Crippen molar-refractivity contribution in [3.05, 3.63) is 76.3 Å². The lowest BCUT2D eigenvalue weighted by Crippen LogP contribution is -2.29. The fourth-order valence-electron chi connectivity index (χ4n) is 4.33. The van der Waals surface area contributed by atoms with E-state index in [4.69, 9.17) is 14.4 Å². The fraction of sp³-hybridized carbons (Fsp3) is 0.192. The summed E-state index contributed by atoms with van der Waals surface area (Å²) < 4.78 is 6.31. The lowest BCUT2D eigenvalue weighted by atomic mass is 10.1. The Hall–Kier alpha value is -4.71. The Morgan fingerprint density at radius 1 is 0.974 bits per heavy atom. The van der Waals surface area contributed by atoms with E-state index in [2.05, 4.69) is 20.4 Å². The first-order valence-corrected chi connectivity index (χ1v) is 12.9. The molecule has 2 aromatic carbocycles. The average molecular weight is 528 g/mol. The first-order chi connectivity index (χ1) is 18.5. The molecule has 11 nitrogen and oxygen atoms in total. The van der Waals surface area contributed by atoms with E-state index in [1.807, 2.05) is 30.3 Å². The minimum atomic E-state index is -0.488. The minimum absolute atomic E-state index is 0.0498. The normalized spacial score (nSPS) is 13.5. The number of hydrogen-bond donors (Lipinski definition) is 1. The number of aromatic nitrogens is 4. The summed E-state index contributed by atoms with van der Waals surface area (Å²) in [5.74, 6) is -0.299. The Balaban J connectivity index is 1.33. The molecule has 1 aliphatic rings. The number of anilines is 2. The number of thiazole rings is 1. The Morgan fingerprint density at radius 2 is 1.74 bits per heavy atom. The standard InChI is InChI=1S/C26H21N7O4S/c34-23(29-25-31-30-24(37-25)17-9-11-18(12-10-17)33(35)36)19-15-20(16-7-3-1-4-8-16)27-22-21(19)38-26(28-22)32-13-5-2-6-14-32/h1,3-4,7-12,15H,2,5-6,13-14H2,(H,29,31,34). The number of carbonyl (C=O) groups is 1. The number of nitrogens with one attached hydrogen (secondary N) is 1. The third-order valence-electron chi connectivity index (χ3n) is 6.26. The van der Waals surface area contributed by atoms with Gasteiger partial charge in [0.1, 0.15) is 0 Å². The maximum atomic E-state index is 13.5. The van der Waals surface area contributed by atoms with Gasteiger partial charge >= 0.3 is 6.01 Å². The molecule has 38 heavy (non-hydrogen) atoms. The van der Waals surface area contributed by atoms with Gasteiger partial charge in [-0.05, 0) is 37.5 Å². The van der Waals surface area contributed by atoms with Crippen molar-refractivity contribution in [3.63, 3.8) is 0 Å². The van der Waals surface area contributed by atoms with E-state index < -0.39 is 10.8 Å². The van der Waals surface area contributed by atoms with Crippen LogP contribution in [0.1, 0.15) is 29.6 Å². The highest BCUT2D eigenvalue weighted by atomic mass is 32.1. The molecule has 0 radical (unpaired) electrons. The van der Waals surface area contributed by atoms with Crippen LogP contribution in [0.2, 0.25) is 0 Å². The van der Waals surface area contributed by atoms with E-state index in [1.165, 1.54) is 42.0 Å². The zero-order valence-electron chi connectivity index (χ0n) is 20.0. The van der Waals surface area contributed by atoms with E-state index in [0.717, 1.165) is 36.6 Å². The monoisotopic (exact) mass is 527 g/mol. The van der Waals surface area contributed by atoms with Gasteiger partial charge in [0.25, 0.3) is 11.6 Å². The molecule has 12 heteroatoms. The Labute approximate surface area is 220 Å². The van der Waals surface area contributed by atoms with Gasteiger partial charge in [-0.2, -0.15) is 4.98 Å². The van der Waals surface area contributed by atoms with Crippen LogP contribution in [0.25, 0.3) is 33.1 Å². The fourth-order valence-corrected chi connectivity index (χ4v) is 5.40. The second kappa shape index (κ2) is 9.98. The number of fused-ring (bicyclic) bond motifs is 1. The molecule has 1 saturated heterocycles. The van der Waals surface area contributed by atoms with Gasteiger partial charge in [-0.1, -0.05) is 46.8 Å². The van der Waals surface area contributed by atoms with Crippen LogP contribution in [0.3, 0.4) is 0 Å². The maximum Gasteiger partial charge on any atom is 0.322 e. The van der Waals surface area contributed by atoms with Crippen LogP contribution < -0.4 is 10.2 Å². The predicted octanol–water partition coefficient (Wildman–Crippen LogP) is 5.56. The molecule has 0 bridgehead atoms. The van der Waals surface area contributed by atoms with Crippen molar-refractivity contribution in [1.29, 1.82) is 0 Å². The lowest BCUT2D eigenvalue weighted by Gasteiger charge is -2.25. The number of nitro groups is 1. The largest absolute Gasteiger partial charge is 0.403 e. The molecule has 6 rings (SSSR count). The van der Waals surface area contributed by atoms with Crippen molar-refractivity contribution in [2.24, 2.45) is 0 Å². The van der Waals surface area contributed by atoms with Crippen molar-refractivity contribution < 1.29 is 14.1 Å². The molecule has 1 amide bonds. The van der Waals surface area contributed by atoms with Crippen LogP contribution in [0, 0.1) is 10.1 Å². The molecule has 1 aliphatic heterocycles. The van der Waals surface area contributed by atoms with Gasteiger partial charge in [0.2, 0.25) is 5.89 Å².